The minimum Gasteiger partial charge on any atom is -0.383 e. The third-order valence-corrected chi connectivity index (χ3v) is 4.76. The number of nitrogens with zero attached hydrogens (tertiary/aromatic N) is 1. The summed E-state index contributed by atoms with van der Waals surface area (Å²) in [5.74, 6) is 0.828. The van der Waals surface area contributed by atoms with E-state index in [-0.39, 0.29) is 28.7 Å². The molecule has 1 rings (SSSR count). The van der Waals surface area contributed by atoms with Gasteiger partial charge in [0.25, 0.3) is 0 Å². The van der Waals surface area contributed by atoms with Crippen molar-refractivity contribution in [3.63, 3.8) is 0 Å². The fraction of sp³-hybridized carbons (Fsp3) is 0.588. The lowest BCUT2D eigenvalue weighted by Gasteiger charge is -2.23. The molecule has 0 heterocycles. The average molecular weight is 466 g/mol. The van der Waals surface area contributed by atoms with Crippen molar-refractivity contribution in [3.8, 4) is 0 Å². The highest BCUT2D eigenvalue weighted by molar-refractivity contribution is 14.0. The topological polar surface area (TPSA) is 57.7 Å². The number of hydrogen-bond donors (Lipinski definition) is 3. The predicted molar refractivity (Wildman–Crippen MR) is 118 cm³/mol. The van der Waals surface area contributed by atoms with E-state index in [9.17, 15) is 0 Å². The van der Waals surface area contributed by atoms with Crippen molar-refractivity contribution in [2.24, 2.45) is 4.99 Å². The second-order valence-corrected chi connectivity index (χ2v) is 7.37. The van der Waals surface area contributed by atoms with Crippen LogP contribution in [0.2, 0.25) is 0 Å². The maximum atomic E-state index is 5.03. The van der Waals surface area contributed by atoms with Crippen LogP contribution in [0.15, 0.2) is 29.3 Å². The van der Waals surface area contributed by atoms with E-state index in [4.69, 9.17) is 4.74 Å². The number of aliphatic imine (C=N–C) groups is 1. The third kappa shape index (κ3) is 9.58. The molecule has 0 bridgehead atoms. The van der Waals surface area contributed by atoms with E-state index >= 15 is 0 Å². The molecule has 0 saturated carbocycles. The van der Waals surface area contributed by atoms with E-state index in [0.717, 1.165) is 31.3 Å². The Bertz CT molecular complexity index is 480. The van der Waals surface area contributed by atoms with Crippen LogP contribution in [-0.2, 0) is 11.3 Å². The molecule has 1 aromatic rings. The van der Waals surface area contributed by atoms with Crippen molar-refractivity contribution in [3.05, 3.63) is 29.8 Å². The van der Waals surface area contributed by atoms with E-state index < -0.39 is 0 Å². The molecule has 7 heteroatoms. The van der Waals surface area contributed by atoms with E-state index in [1.807, 2.05) is 11.8 Å². The van der Waals surface area contributed by atoms with Gasteiger partial charge in [-0.3, -0.25) is 4.99 Å². The van der Waals surface area contributed by atoms with Crippen molar-refractivity contribution in [1.82, 2.24) is 10.6 Å². The van der Waals surface area contributed by atoms with E-state index in [2.05, 4.69) is 65.3 Å². The van der Waals surface area contributed by atoms with E-state index in [0.29, 0.717) is 6.61 Å². The molecule has 0 aliphatic rings. The first kappa shape index (κ1) is 23.3. The zero-order valence-corrected chi connectivity index (χ0v) is 18.5. The molecule has 5 nitrogen and oxygen atoms in total. The van der Waals surface area contributed by atoms with Gasteiger partial charge in [0, 0.05) is 44.2 Å². The SMILES string of the molecule is CN=C(NCc1ccc(NCCOC)cc1)NCC(C)(C)SC.I. The van der Waals surface area contributed by atoms with Gasteiger partial charge < -0.3 is 20.7 Å². The van der Waals surface area contributed by atoms with Gasteiger partial charge in [-0.25, -0.2) is 0 Å². The Labute approximate surface area is 167 Å². The first-order valence-electron chi connectivity index (χ1n) is 7.82. The fourth-order valence-electron chi connectivity index (χ4n) is 1.81. The lowest BCUT2D eigenvalue weighted by molar-refractivity contribution is 0.211. The van der Waals surface area contributed by atoms with Crippen LogP contribution in [0, 0.1) is 0 Å². The fourth-order valence-corrected chi connectivity index (χ4v) is 2.03. The molecule has 0 unspecified atom stereocenters. The molecule has 24 heavy (non-hydrogen) atoms. The van der Waals surface area contributed by atoms with Gasteiger partial charge in [-0.2, -0.15) is 11.8 Å². The molecule has 0 amide bonds. The van der Waals surface area contributed by atoms with Gasteiger partial charge in [0.15, 0.2) is 5.96 Å². The first-order chi connectivity index (χ1) is 11.0. The Morgan fingerprint density at radius 3 is 2.42 bits per heavy atom. The number of halogens is 1. The van der Waals surface area contributed by atoms with Gasteiger partial charge in [-0.1, -0.05) is 12.1 Å². The molecule has 3 N–H and O–H groups in total. The molecular weight excluding hydrogens is 435 g/mol. The number of nitrogens with one attached hydrogen (secondary N) is 3. The highest BCUT2D eigenvalue weighted by atomic mass is 127. The Morgan fingerprint density at radius 2 is 1.88 bits per heavy atom. The maximum Gasteiger partial charge on any atom is 0.191 e. The van der Waals surface area contributed by atoms with Crippen molar-refractivity contribution >= 4 is 47.4 Å². The summed E-state index contributed by atoms with van der Waals surface area (Å²) < 4.78 is 5.21. The Morgan fingerprint density at radius 1 is 1.21 bits per heavy atom. The minimum atomic E-state index is 0. The number of benzene rings is 1. The molecule has 138 valence electrons. The zero-order chi connectivity index (χ0) is 17.1. The summed E-state index contributed by atoms with van der Waals surface area (Å²) in [5.41, 5.74) is 2.32. The highest BCUT2D eigenvalue weighted by Crippen LogP contribution is 2.19. The molecule has 0 saturated heterocycles. The lowest BCUT2D eigenvalue weighted by atomic mass is 10.2. The summed E-state index contributed by atoms with van der Waals surface area (Å²) >= 11 is 1.84. The molecule has 0 atom stereocenters. The van der Waals surface area contributed by atoms with Gasteiger partial charge >= 0.3 is 0 Å². The number of rotatable bonds is 9. The molecule has 1 aromatic carbocycles. The Hall–Kier alpha value is -0.670. The highest BCUT2D eigenvalue weighted by Gasteiger charge is 2.15. The number of hydrogen-bond acceptors (Lipinski definition) is 4. The van der Waals surface area contributed by atoms with Crippen LogP contribution in [0.25, 0.3) is 0 Å². The van der Waals surface area contributed by atoms with Crippen LogP contribution in [-0.4, -0.2) is 50.8 Å². The summed E-state index contributed by atoms with van der Waals surface area (Å²) in [4.78, 5) is 4.27. The maximum absolute atomic E-state index is 5.03. The molecular formula is C17H31IN4OS. The van der Waals surface area contributed by atoms with E-state index in [1.165, 1.54) is 5.56 Å². The van der Waals surface area contributed by atoms with Crippen LogP contribution in [0.4, 0.5) is 5.69 Å². The number of guanidine groups is 1. The lowest BCUT2D eigenvalue weighted by Crippen LogP contribution is -2.42. The van der Waals surface area contributed by atoms with Crippen LogP contribution in [0.3, 0.4) is 0 Å². The second-order valence-electron chi connectivity index (χ2n) is 5.86. The monoisotopic (exact) mass is 466 g/mol. The average Bonchev–Trinajstić information content (AvgIpc) is 2.56. The van der Waals surface area contributed by atoms with Crippen molar-refractivity contribution in [2.75, 3.05) is 45.4 Å². The molecule has 0 aliphatic carbocycles. The van der Waals surface area contributed by atoms with Gasteiger partial charge in [0.1, 0.15) is 0 Å². The van der Waals surface area contributed by atoms with Crippen LogP contribution >= 0.6 is 35.7 Å². The molecule has 0 spiro atoms. The predicted octanol–water partition coefficient (Wildman–Crippen LogP) is 3.17. The van der Waals surface area contributed by atoms with Crippen LogP contribution < -0.4 is 16.0 Å². The third-order valence-electron chi connectivity index (χ3n) is 3.51. The zero-order valence-electron chi connectivity index (χ0n) is 15.3. The number of ether oxygens (including phenoxy) is 1. The van der Waals surface area contributed by atoms with Crippen LogP contribution in [0.1, 0.15) is 19.4 Å². The summed E-state index contributed by atoms with van der Waals surface area (Å²) in [6.07, 6.45) is 2.13. The van der Waals surface area contributed by atoms with Gasteiger partial charge in [0.2, 0.25) is 0 Å². The van der Waals surface area contributed by atoms with Gasteiger partial charge in [0.05, 0.1) is 6.61 Å². The standard InChI is InChI=1S/C17H30N4OS.HI/c1-17(2,23-5)13-21-16(18-3)20-12-14-6-8-15(9-7-14)19-10-11-22-4;/h6-9,19H,10-13H2,1-5H3,(H2,18,20,21);1H. The van der Waals surface area contributed by atoms with Gasteiger partial charge in [-0.05, 0) is 37.8 Å². The summed E-state index contributed by atoms with van der Waals surface area (Å²) in [7, 11) is 3.50. The quantitative estimate of drug-likeness (QED) is 0.226. The normalized spacial score (nSPS) is 11.6. The number of thioether (sulfide) groups is 1. The van der Waals surface area contributed by atoms with Crippen molar-refractivity contribution < 1.29 is 4.74 Å². The van der Waals surface area contributed by atoms with Crippen molar-refractivity contribution in [2.45, 2.75) is 25.1 Å². The largest absolute Gasteiger partial charge is 0.383 e. The first-order valence-corrected chi connectivity index (χ1v) is 9.04. The van der Waals surface area contributed by atoms with Crippen LogP contribution in [0.5, 0.6) is 0 Å². The smallest absolute Gasteiger partial charge is 0.191 e. The minimum absolute atomic E-state index is 0. The Balaban J connectivity index is 0.00000529. The molecule has 0 aromatic heterocycles. The second kappa shape index (κ2) is 12.7. The van der Waals surface area contributed by atoms with Crippen molar-refractivity contribution in [1.29, 1.82) is 0 Å². The van der Waals surface area contributed by atoms with E-state index in [1.54, 1.807) is 14.2 Å². The molecule has 0 radical (unpaired) electrons. The molecule has 0 fully saturated rings. The summed E-state index contributed by atoms with van der Waals surface area (Å²) in [6, 6.07) is 8.39. The summed E-state index contributed by atoms with van der Waals surface area (Å²) in [6.45, 7) is 7.57. The number of anilines is 1. The summed E-state index contributed by atoms with van der Waals surface area (Å²) in [5, 5.41) is 10.0. The Kier molecular flexibility index (Phi) is 12.3. The van der Waals surface area contributed by atoms with Gasteiger partial charge in [-0.15, -0.1) is 24.0 Å². The molecule has 0 aliphatic heterocycles. The number of methoxy groups -OCH3 is 1.